The maximum absolute atomic E-state index is 14.0. The molecule has 1 atom stereocenters. The number of aryl methyl sites for hydroxylation is 1. The van der Waals surface area contributed by atoms with Crippen LogP contribution in [0, 0.1) is 12.8 Å². The lowest BCUT2D eigenvalue weighted by molar-refractivity contribution is 0.0602. The molecule has 0 unspecified atom stereocenters. The lowest BCUT2D eigenvalue weighted by atomic mass is 9.99. The summed E-state index contributed by atoms with van der Waals surface area (Å²) in [6.45, 7) is 6.58. The average Bonchev–Trinajstić information content (AvgIpc) is 3.18. The van der Waals surface area contributed by atoms with E-state index < -0.39 is 11.7 Å². The van der Waals surface area contributed by atoms with E-state index in [-0.39, 0.29) is 44.6 Å². The van der Waals surface area contributed by atoms with Gasteiger partial charge in [0.2, 0.25) is 0 Å². The molecule has 4 aromatic rings. The van der Waals surface area contributed by atoms with Crippen LogP contribution in [0.25, 0.3) is 5.65 Å². The second kappa shape index (κ2) is 11.9. The van der Waals surface area contributed by atoms with Crippen LogP contribution in [0.2, 0.25) is 15.1 Å². The number of hydrogen-bond donors (Lipinski definition) is 1. The fourth-order valence-corrected chi connectivity index (χ4v) is 5.04. The first-order chi connectivity index (χ1) is 18.1. The third-order valence-electron chi connectivity index (χ3n) is 6.34. The number of carbonyl (C=O) groups excluding carboxylic acids is 1. The van der Waals surface area contributed by atoms with Gasteiger partial charge in [-0.3, -0.25) is 9.36 Å². The van der Waals surface area contributed by atoms with Gasteiger partial charge in [0.1, 0.15) is 10.8 Å². The van der Waals surface area contributed by atoms with Crippen LogP contribution in [0.15, 0.2) is 53.3 Å². The van der Waals surface area contributed by atoms with Crippen LogP contribution in [-0.2, 0) is 6.54 Å². The number of hydrogen-bond acceptors (Lipinski definition) is 5. The van der Waals surface area contributed by atoms with Crippen LogP contribution in [0.4, 0.5) is 0 Å². The van der Waals surface area contributed by atoms with Crippen molar-refractivity contribution in [3.8, 4) is 0 Å². The van der Waals surface area contributed by atoms with Gasteiger partial charge in [-0.25, -0.2) is 9.78 Å². The molecule has 11 heteroatoms. The molecule has 0 fully saturated rings. The molecular formula is C27H29Cl3N6O2. The largest absolute Gasteiger partial charge is 0.352 e. The summed E-state index contributed by atoms with van der Waals surface area (Å²) >= 11 is 19.2. The van der Waals surface area contributed by atoms with Crippen molar-refractivity contribution in [2.45, 2.75) is 39.8 Å². The van der Waals surface area contributed by atoms with Crippen molar-refractivity contribution < 1.29 is 4.79 Å². The normalized spacial score (nSPS) is 12.3. The van der Waals surface area contributed by atoms with Gasteiger partial charge in [0, 0.05) is 6.54 Å². The number of amides is 1. The number of carbonyl (C=O) groups is 1. The monoisotopic (exact) mass is 574 g/mol. The molecule has 0 aliphatic carbocycles. The zero-order valence-electron chi connectivity index (χ0n) is 21.4. The van der Waals surface area contributed by atoms with Crippen molar-refractivity contribution in [3.05, 3.63) is 96.7 Å². The van der Waals surface area contributed by atoms with Crippen molar-refractivity contribution >= 4 is 46.4 Å². The van der Waals surface area contributed by atoms with E-state index in [1.165, 1.54) is 4.52 Å². The Hall–Kier alpha value is -2.91. The molecular weight excluding hydrogens is 547 g/mol. The Labute approximate surface area is 235 Å². The van der Waals surface area contributed by atoms with Crippen molar-refractivity contribution in [3.63, 3.8) is 0 Å². The fourth-order valence-electron chi connectivity index (χ4n) is 4.50. The molecule has 0 saturated carbocycles. The summed E-state index contributed by atoms with van der Waals surface area (Å²) in [5.41, 5.74) is 7.34. The van der Waals surface area contributed by atoms with E-state index in [0.717, 1.165) is 5.56 Å². The second-order valence-electron chi connectivity index (χ2n) is 9.39. The molecule has 2 aromatic carbocycles. The number of nitrogens with zero attached hydrogens (tertiary/aromatic N) is 5. The predicted molar refractivity (Wildman–Crippen MR) is 151 cm³/mol. The maximum Gasteiger partial charge on any atom is 0.352 e. The minimum Gasteiger partial charge on any atom is -0.330 e. The first-order valence-corrected chi connectivity index (χ1v) is 13.4. The SMILES string of the molecule is Cc1nn2c(=O)n(Cc3ccccc3)c([C@H](C(C)C)N(CCCN)C(=O)c3cccc(Cl)c3Cl)nc2c1Cl. The molecule has 2 N–H and O–H groups in total. The lowest BCUT2D eigenvalue weighted by Crippen LogP contribution is -2.43. The second-order valence-corrected chi connectivity index (χ2v) is 10.6. The molecule has 0 bridgehead atoms. The van der Waals surface area contributed by atoms with E-state index in [9.17, 15) is 9.59 Å². The number of rotatable bonds is 9. The fraction of sp³-hybridized carbons (Fsp3) is 0.333. The van der Waals surface area contributed by atoms with Gasteiger partial charge >= 0.3 is 5.69 Å². The van der Waals surface area contributed by atoms with E-state index in [4.69, 9.17) is 45.5 Å². The highest BCUT2D eigenvalue weighted by atomic mass is 35.5. The summed E-state index contributed by atoms with van der Waals surface area (Å²) in [6, 6.07) is 13.9. The molecule has 1 amide bonds. The summed E-state index contributed by atoms with van der Waals surface area (Å²) in [5, 5.41) is 5.05. The van der Waals surface area contributed by atoms with Crippen molar-refractivity contribution in [1.82, 2.24) is 24.1 Å². The molecule has 0 saturated heterocycles. The number of aromatic nitrogens is 4. The van der Waals surface area contributed by atoms with Gasteiger partial charge in [-0.1, -0.05) is 85.0 Å². The molecule has 2 heterocycles. The highest BCUT2D eigenvalue weighted by Gasteiger charge is 2.34. The Morgan fingerprint density at radius 3 is 2.42 bits per heavy atom. The quantitative estimate of drug-likeness (QED) is 0.288. The first kappa shape index (κ1) is 28.1. The molecule has 0 spiro atoms. The summed E-state index contributed by atoms with van der Waals surface area (Å²) in [4.78, 5) is 34.4. The van der Waals surface area contributed by atoms with Crippen molar-refractivity contribution in [1.29, 1.82) is 0 Å². The third-order valence-corrected chi connectivity index (χ3v) is 7.60. The highest BCUT2D eigenvalue weighted by molar-refractivity contribution is 6.43. The minimum absolute atomic E-state index is 0.145. The van der Waals surface area contributed by atoms with Gasteiger partial charge in [-0.05, 0) is 43.5 Å². The Morgan fingerprint density at radius 1 is 1.05 bits per heavy atom. The molecule has 4 rings (SSSR count). The van der Waals surface area contributed by atoms with Gasteiger partial charge in [0.05, 0.1) is 33.9 Å². The number of fused-ring (bicyclic) bond motifs is 1. The van der Waals surface area contributed by atoms with E-state index in [1.54, 1.807) is 34.6 Å². The topological polar surface area (TPSA) is 98.5 Å². The summed E-state index contributed by atoms with van der Waals surface area (Å²) in [5.74, 6) is -0.0821. The maximum atomic E-state index is 14.0. The molecule has 2 aromatic heterocycles. The molecule has 0 aliphatic heterocycles. The van der Waals surface area contributed by atoms with Crippen molar-refractivity contribution in [2.24, 2.45) is 11.7 Å². The Balaban J connectivity index is 1.97. The van der Waals surface area contributed by atoms with Gasteiger partial charge in [-0.15, -0.1) is 0 Å². The predicted octanol–water partition coefficient (Wildman–Crippen LogP) is 5.40. The first-order valence-electron chi connectivity index (χ1n) is 12.3. The molecule has 38 heavy (non-hydrogen) atoms. The zero-order valence-corrected chi connectivity index (χ0v) is 23.6. The minimum atomic E-state index is -0.614. The van der Waals surface area contributed by atoms with Gasteiger partial charge in [-0.2, -0.15) is 9.61 Å². The van der Waals surface area contributed by atoms with Gasteiger partial charge < -0.3 is 10.6 Å². The molecule has 0 radical (unpaired) electrons. The van der Waals surface area contributed by atoms with Gasteiger partial charge in [0.15, 0.2) is 5.65 Å². The van der Waals surface area contributed by atoms with E-state index in [2.05, 4.69) is 5.10 Å². The Morgan fingerprint density at radius 2 is 1.76 bits per heavy atom. The van der Waals surface area contributed by atoms with Crippen LogP contribution in [-0.4, -0.2) is 43.1 Å². The number of nitrogens with two attached hydrogens (primary N) is 1. The van der Waals surface area contributed by atoms with Crippen LogP contribution in [0.1, 0.15) is 53.7 Å². The van der Waals surface area contributed by atoms with Crippen LogP contribution < -0.4 is 11.4 Å². The molecule has 200 valence electrons. The van der Waals surface area contributed by atoms with Crippen LogP contribution in [0.5, 0.6) is 0 Å². The summed E-state index contributed by atoms with van der Waals surface area (Å²) < 4.78 is 2.76. The number of benzene rings is 2. The van der Waals surface area contributed by atoms with Crippen LogP contribution >= 0.6 is 34.8 Å². The van der Waals surface area contributed by atoms with Gasteiger partial charge in [0.25, 0.3) is 5.91 Å². The zero-order chi connectivity index (χ0) is 27.6. The molecule has 8 nitrogen and oxygen atoms in total. The van der Waals surface area contributed by atoms with Crippen molar-refractivity contribution in [2.75, 3.05) is 13.1 Å². The lowest BCUT2D eigenvalue weighted by Gasteiger charge is -2.35. The summed E-state index contributed by atoms with van der Waals surface area (Å²) in [7, 11) is 0. The highest BCUT2D eigenvalue weighted by Crippen LogP contribution is 2.33. The Kier molecular flexibility index (Phi) is 8.78. The Bertz CT molecular complexity index is 1520. The summed E-state index contributed by atoms with van der Waals surface area (Å²) in [6.07, 6.45) is 0.533. The average molecular weight is 576 g/mol. The van der Waals surface area contributed by atoms with E-state index in [0.29, 0.717) is 31.0 Å². The van der Waals surface area contributed by atoms with E-state index >= 15 is 0 Å². The van der Waals surface area contributed by atoms with E-state index in [1.807, 2.05) is 44.2 Å². The smallest absolute Gasteiger partial charge is 0.330 e. The standard InChI is InChI=1S/C27H29Cl3N6O2/c1-16(2)23(34(14-8-13-31)26(37)19-11-7-12-20(28)22(19)30)25-32-24-21(29)17(3)33-36(24)27(38)35(25)15-18-9-5-4-6-10-18/h4-7,9-12,16,23H,8,13-15,31H2,1-3H3/t23-/m0/s1. The molecule has 0 aliphatic rings. The third kappa shape index (κ3) is 5.45. The number of halogens is 3. The van der Waals surface area contributed by atoms with Crippen LogP contribution in [0.3, 0.4) is 0 Å².